The van der Waals surface area contributed by atoms with Crippen molar-refractivity contribution in [3.63, 3.8) is 0 Å². The van der Waals surface area contributed by atoms with E-state index < -0.39 is 0 Å². The second-order valence-corrected chi connectivity index (χ2v) is 6.68. The molecule has 0 aliphatic carbocycles. The van der Waals surface area contributed by atoms with Crippen LogP contribution in [-0.4, -0.2) is 43.5 Å². The monoisotopic (exact) mass is 356 g/mol. The van der Waals surface area contributed by atoms with Gasteiger partial charge >= 0.3 is 0 Å². The molecule has 0 radical (unpaired) electrons. The van der Waals surface area contributed by atoms with Gasteiger partial charge in [0, 0.05) is 12.3 Å². The van der Waals surface area contributed by atoms with E-state index in [1.54, 1.807) is 6.21 Å². The van der Waals surface area contributed by atoms with Crippen molar-refractivity contribution in [1.82, 2.24) is 4.90 Å². The Labute approximate surface area is 153 Å². The summed E-state index contributed by atoms with van der Waals surface area (Å²) < 4.78 is 5.70. The van der Waals surface area contributed by atoms with Gasteiger partial charge in [-0.25, -0.2) is 0 Å². The number of ether oxygens (including phenoxy) is 1. The van der Waals surface area contributed by atoms with Gasteiger partial charge in [0.1, 0.15) is 12.4 Å². The molecule has 0 spiro atoms. The minimum atomic E-state index is 0.443. The first-order valence-corrected chi connectivity index (χ1v) is 9.03. The molecule has 2 N–H and O–H groups in total. The Morgan fingerprint density at radius 2 is 1.96 bits per heavy atom. The average Bonchev–Trinajstić information content (AvgIpc) is 2.61. The third kappa shape index (κ3) is 7.87. The Morgan fingerprint density at radius 1 is 1.16 bits per heavy atom. The van der Waals surface area contributed by atoms with Gasteiger partial charge in [0.15, 0.2) is 5.17 Å². The zero-order chi connectivity index (χ0) is 17.9. The fraction of sp³-hybridized carbons (Fsp3) is 0.263. The molecule has 2 rings (SSSR count). The molecule has 0 aliphatic rings. The Morgan fingerprint density at radius 3 is 2.72 bits per heavy atom. The average molecular weight is 356 g/mol. The quantitative estimate of drug-likeness (QED) is 0.448. The van der Waals surface area contributed by atoms with Crippen LogP contribution in [-0.2, 0) is 5.75 Å². The van der Waals surface area contributed by atoms with Crippen LogP contribution >= 0.6 is 11.8 Å². The van der Waals surface area contributed by atoms with Crippen molar-refractivity contribution < 1.29 is 4.74 Å². The Balaban J connectivity index is 1.83. The molecule has 0 atom stereocenters. The van der Waals surface area contributed by atoms with E-state index in [-0.39, 0.29) is 0 Å². The molecule has 0 fully saturated rings. The summed E-state index contributed by atoms with van der Waals surface area (Å²) in [6, 6.07) is 17.9. The van der Waals surface area contributed by atoms with Crippen LogP contribution in [0.4, 0.5) is 0 Å². The number of benzene rings is 2. The maximum atomic E-state index is 5.88. The Bertz CT molecular complexity index is 702. The van der Waals surface area contributed by atoms with Crippen LogP contribution in [0.3, 0.4) is 0 Å². The van der Waals surface area contributed by atoms with E-state index in [0.29, 0.717) is 11.8 Å². The van der Waals surface area contributed by atoms with E-state index in [9.17, 15) is 0 Å². The zero-order valence-corrected chi connectivity index (χ0v) is 15.4. The number of nitrogens with two attached hydrogens (primary N) is 1. The highest BCUT2D eigenvalue weighted by Gasteiger charge is 1.97. The number of hydrogen-bond acceptors (Lipinski definition) is 5. The lowest BCUT2D eigenvalue weighted by molar-refractivity contribution is 0.261. The second-order valence-electron chi connectivity index (χ2n) is 5.68. The van der Waals surface area contributed by atoms with E-state index >= 15 is 0 Å². The molecule has 6 heteroatoms. The highest BCUT2D eigenvalue weighted by atomic mass is 32.2. The predicted octanol–water partition coefficient (Wildman–Crippen LogP) is 3.21. The van der Waals surface area contributed by atoms with Crippen molar-refractivity contribution in [3.05, 3.63) is 65.7 Å². The third-order valence-corrected chi connectivity index (χ3v) is 4.11. The fourth-order valence-corrected chi connectivity index (χ4v) is 2.56. The van der Waals surface area contributed by atoms with Crippen molar-refractivity contribution >= 4 is 23.1 Å². The summed E-state index contributed by atoms with van der Waals surface area (Å²) in [7, 11) is 4.04. The van der Waals surface area contributed by atoms with Gasteiger partial charge in [-0.2, -0.15) is 5.10 Å². The fourth-order valence-electron chi connectivity index (χ4n) is 1.94. The molecule has 25 heavy (non-hydrogen) atoms. The molecule has 0 aliphatic heterocycles. The lowest BCUT2D eigenvalue weighted by atomic mass is 10.2. The van der Waals surface area contributed by atoms with Gasteiger partial charge in [-0.1, -0.05) is 54.2 Å². The molecule has 0 saturated carbocycles. The summed E-state index contributed by atoms with van der Waals surface area (Å²) in [6.45, 7) is 1.52. The van der Waals surface area contributed by atoms with Gasteiger partial charge in [-0.15, -0.1) is 5.10 Å². The van der Waals surface area contributed by atoms with Crippen LogP contribution in [0.5, 0.6) is 5.75 Å². The summed E-state index contributed by atoms with van der Waals surface area (Å²) in [5, 5.41) is 8.53. The van der Waals surface area contributed by atoms with Crippen molar-refractivity contribution in [3.8, 4) is 5.75 Å². The third-order valence-electron chi connectivity index (χ3n) is 3.26. The highest BCUT2D eigenvalue weighted by molar-refractivity contribution is 8.13. The topological polar surface area (TPSA) is 63.2 Å². The molecule has 0 saturated heterocycles. The molecule has 0 bridgehead atoms. The molecule has 0 heterocycles. The molecule has 2 aromatic carbocycles. The lowest BCUT2D eigenvalue weighted by Crippen LogP contribution is -2.19. The van der Waals surface area contributed by atoms with Crippen molar-refractivity contribution in [2.45, 2.75) is 5.75 Å². The summed E-state index contributed by atoms with van der Waals surface area (Å²) >= 11 is 1.47. The van der Waals surface area contributed by atoms with Gasteiger partial charge in [0.25, 0.3) is 0 Å². The van der Waals surface area contributed by atoms with Crippen molar-refractivity contribution in [1.29, 1.82) is 0 Å². The summed E-state index contributed by atoms with van der Waals surface area (Å²) in [5.41, 5.74) is 8.01. The van der Waals surface area contributed by atoms with Gasteiger partial charge in [-0.3, -0.25) is 0 Å². The van der Waals surface area contributed by atoms with Crippen molar-refractivity contribution in [2.75, 3.05) is 27.2 Å². The van der Waals surface area contributed by atoms with Gasteiger partial charge < -0.3 is 15.4 Å². The Hall–Kier alpha value is -2.31. The molecule has 132 valence electrons. The molecule has 0 aromatic heterocycles. The normalized spacial score (nSPS) is 12.0. The number of nitrogens with zero attached hydrogens (tertiary/aromatic N) is 3. The standard InChI is InChI=1S/C19H24N4OS/c1-23(2)11-12-24-18-10-6-9-17(13-18)14-21-22-19(20)25-15-16-7-4-3-5-8-16/h3-10,13-14H,11-12,15H2,1-2H3,(H2,20,22). The smallest absolute Gasteiger partial charge is 0.180 e. The van der Waals surface area contributed by atoms with Crippen LogP contribution in [0.2, 0.25) is 0 Å². The molecular formula is C19H24N4OS. The summed E-state index contributed by atoms with van der Waals surface area (Å²) in [4.78, 5) is 2.08. The van der Waals surface area contributed by atoms with Crippen molar-refractivity contribution in [2.24, 2.45) is 15.9 Å². The number of thioether (sulfide) groups is 1. The van der Waals surface area contributed by atoms with E-state index in [2.05, 4.69) is 27.2 Å². The highest BCUT2D eigenvalue weighted by Crippen LogP contribution is 2.13. The van der Waals surface area contributed by atoms with Crippen LogP contribution in [0, 0.1) is 0 Å². The predicted molar refractivity (Wildman–Crippen MR) is 107 cm³/mol. The second kappa shape index (κ2) is 10.5. The number of amidine groups is 1. The minimum absolute atomic E-state index is 0.443. The van der Waals surface area contributed by atoms with E-state index in [4.69, 9.17) is 10.5 Å². The largest absolute Gasteiger partial charge is 0.492 e. The van der Waals surface area contributed by atoms with Crippen LogP contribution in [0.1, 0.15) is 11.1 Å². The maximum Gasteiger partial charge on any atom is 0.180 e. The molecule has 2 aromatic rings. The lowest BCUT2D eigenvalue weighted by Gasteiger charge is -2.11. The van der Waals surface area contributed by atoms with Gasteiger partial charge in [0.2, 0.25) is 0 Å². The van der Waals surface area contributed by atoms with Crippen LogP contribution in [0.25, 0.3) is 0 Å². The van der Waals surface area contributed by atoms with Crippen LogP contribution < -0.4 is 10.5 Å². The first-order valence-electron chi connectivity index (χ1n) is 8.04. The van der Waals surface area contributed by atoms with Crippen LogP contribution in [0.15, 0.2) is 64.8 Å². The molecular weight excluding hydrogens is 332 g/mol. The van der Waals surface area contributed by atoms with Gasteiger partial charge in [-0.05, 0) is 37.4 Å². The first kappa shape index (κ1) is 19.0. The molecule has 0 unspecified atom stereocenters. The number of hydrogen-bond donors (Lipinski definition) is 1. The van der Waals surface area contributed by atoms with E-state index in [0.717, 1.165) is 23.6 Å². The Kier molecular flexibility index (Phi) is 8.01. The minimum Gasteiger partial charge on any atom is -0.492 e. The summed E-state index contributed by atoms with van der Waals surface area (Å²) in [6.07, 6.45) is 1.68. The number of likely N-dealkylation sites (N-methyl/N-ethyl adjacent to an activating group) is 1. The SMILES string of the molecule is CN(C)CCOc1cccc(C=NN=C(N)SCc2ccccc2)c1. The zero-order valence-electron chi connectivity index (χ0n) is 14.6. The summed E-state index contributed by atoms with van der Waals surface area (Å²) in [5.74, 6) is 1.60. The first-order chi connectivity index (χ1) is 12.1. The van der Waals surface area contributed by atoms with E-state index in [1.807, 2.05) is 56.6 Å². The maximum absolute atomic E-state index is 5.88. The molecule has 0 amide bonds. The van der Waals surface area contributed by atoms with E-state index in [1.165, 1.54) is 17.3 Å². The van der Waals surface area contributed by atoms with Gasteiger partial charge in [0.05, 0.1) is 6.21 Å². The molecule has 5 nitrogen and oxygen atoms in total. The number of rotatable bonds is 8.